The van der Waals surface area contributed by atoms with Gasteiger partial charge in [0.05, 0.1) is 17.4 Å². The second kappa shape index (κ2) is 9.74. The first-order valence-electron chi connectivity index (χ1n) is 13.2. The van der Waals surface area contributed by atoms with E-state index in [0.717, 1.165) is 0 Å². The van der Waals surface area contributed by atoms with E-state index >= 15 is 0 Å². The second-order valence-electron chi connectivity index (χ2n) is 10.9. The summed E-state index contributed by atoms with van der Waals surface area (Å²) in [5.74, 6) is -1.52. The molecule has 8 nitrogen and oxygen atoms in total. The van der Waals surface area contributed by atoms with E-state index in [1.165, 1.54) is 24.3 Å². The van der Waals surface area contributed by atoms with Gasteiger partial charge in [0.1, 0.15) is 17.6 Å². The first-order chi connectivity index (χ1) is 19.0. The SMILES string of the molecule is O=C(N[C@@H]1C[C@H]([C@H]2CC[C@H](C(=O)O)CC2)Oc2cc(OC(F)F)ccc21)C1(c2ccc3c(c2)OC(F)(F)O3)CC1. The van der Waals surface area contributed by atoms with Crippen LogP contribution in [0.5, 0.6) is 23.0 Å². The zero-order chi connectivity index (χ0) is 28.2. The Morgan fingerprint density at radius 1 is 0.975 bits per heavy atom. The lowest BCUT2D eigenvalue weighted by molar-refractivity contribution is -0.286. The molecule has 2 aliphatic heterocycles. The highest BCUT2D eigenvalue weighted by Gasteiger charge is 2.53. The third-order valence-corrected chi connectivity index (χ3v) is 8.42. The van der Waals surface area contributed by atoms with Crippen LogP contribution in [-0.4, -0.2) is 36.0 Å². The van der Waals surface area contributed by atoms with Crippen LogP contribution in [-0.2, 0) is 15.0 Å². The van der Waals surface area contributed by atoms with Crippen LogP contribution in [0, 0.1) is 11.8 Å². The number of hydrogen-bond acceptors (Lipinski definition) is 6. The molecule has 2 N–H and O–H groups in total. The van der Waals surface area contributed by atoms with Crippen molar-refractivity contribution in [1.29, 1.82) is 0 Å². The highest BCUT2D eigenvalue weighted by atomic mass is 19.3. The summed E-state index contributed by atoms with van der Waals surface area (Å²) in [6, 6.07) is 8.16. The molecular weight excluding hydrogens is 538 g/mol. The number of ether oxygens (including phenoxy) is 4. The monoisotopic (exact) mass is 565 g/mol. The fraction of sp³-hybridized carbons (Fsp3) is 0.500. The standard InChI is InChI=1S/C28H27F4NO7/c29-26(30)37-17-6-7-18-19(13-21(38-22(18)12-17)14-1-3-15(4-2-14)24(34)35)33-25(36)27(9-10-27)16-5-8-20-23(11-16)40-28(31,32)39-20/h5-8,11-12,14-15,19,21,26H,1-4,9-10,13H2,(H,33,36)(H,34,35)/t14-,15-,19-,21-/m1/s1. The van der Waals surface area contributed by atoms with Crippen molar-refractivity contribution in [2.24, 2.45) is 11.8 Å². The van der Waals surface area contributed by atoms with Gasteiger partial charge in [0.15, 0.2) is 11.5 Å². The number of carboxylic acids is 1. The van der Waals surface area contributed by atoms with E-state index in [0.29, 0.717) is 61.8 Å². The summed E-state index contributed by atoms with van der Waals surface area (Å²) < 4.78 is 72.6. The predicted octanol–water partition coefficient (Wildman–Crippen LogP) is 5.54. The lowest BCUT2D eigenvalue weighted by atomic mass is 9.77. The molecule has 2 saturated carbocycles. The van der Waals surface area contributed by atoms with Gasteiger partial charge in [-0.1, -0.05) is 6.07 Å². The van der Waals surface area contributed by atoms with E-state index in [4.69, 9.17) is 4.74 Å². The second-order valence-corrected chi connectivity index (χ2v) is 10.9. The van der Waals surface area contributed by atoms with Gasteiger partial charge in [0.2, 0.25) is 5.91 Å². The van der Waals surface area contributed by atoms with Crippen LogP contribution in [0.2, 0.25) is 0 Å². The first kappa shape index (κ1) is 26.5. The summed E-state index contributed by atoms with van der Waals surface area (Å²) in [4.78, 5) is 25.1. The summed E-state index contributed by atoms with van der Waals surface area (Å²) >= 11 is 0. The maximum absolute atomic E-state index is 13.7. The number of benzene rings is 2. The maximum Gasteiger partial charge on any atom is 0.586 e. The molecule has 2 aromatic carbocycles. The molecule has 0 spiro atoms. The quantitative estimate of drug-likeness (QED) is 0.425. The number of carboxylic acid groups (broad SMARTS) is 1. The Morgan fingerprint density at radius 2 is 1.70 bits per heavy atom. The highest BCUT2D eigenvalue weighted by molar-refractivity contribution is 5.92. The van der Waals surface area contributed by atoms with E-state index in [9.17, 15) is 32.3 Å². The van der Waals surface area contributed by atoms with Crippen molar-refractivity contribution in [3.63, 3.8) is 0 Å². The van der Waals surface area contributed by atoms with Crippen LogP contribution in [0.4, 0.5) is 17.6 Å². The van der Waals surface area contributed by atoms with Crippen LogP contribution >= 0.6 is 0 Å². The number of fused-ring (bicyclic) bond motifs is 2. The van der Waals surface area contributed by atoms with Crippen molar-refractivity contribution < 1.29 is 51.2 Å². The number of carbonyl (C=O) groups is 2. The fourth-order valence-electron chi connectivity index (χ4n) is 6.13. The van der Waals surface area contributed by atoms with Gasteiger partial charge in [-0.25, -0.2) is 0 Å². The van der Waals surface area contributed by atoms with E-state index in [1.54, 1.807) is 12.1 Å². The fourth-order valence-corrected chi connectivity index (χ4v) is 6.13. The topological polar surface area (TPSA) is 103 Å². The molecule has 2 heterocycles. The third-order valence-electron chi connectivity index (χ3n) is 8.42. The molecule has 2 aromatic rings. The summed E-state index contributed by atoms with van der Waals surface area (Å²) in [6.07, 6.45) is -0.472. The van der Waals surface area contributed by atoms with Crippen LogP contribution in [0.3, 0.4) is 0 Å². The molecule has 1 amide bonds. The minimum atomic E-state index is -3.77. The van der Waals surface area contributed by atoms with E-state index < -0.39 is 36.3 Å². The van der Waals surface area contributed by atoms with Gasteiger partial charge in [-0.2, -0.15) is 8.78 Å². The van der Waals surface area contributed by atoms with Gasteiger partial charge in [0, 0.05) is 18.1 Å². The Bertz CT molecular complexity index is 1320. The van der Waals surface area contributed by atoms with Crippen LogP contribution < -0.4 is 24.3 Å². The smallest absolute Gasteiger partial charge is 0.490 e. The highest BCUT2D eigenvalue weighted by Crippen LogP contribution is 2.53. The number of halogens is 4. The van der Waals surface area contributed by atoms with Gasteiger partial charge in [-0.3, -0.25) is 9.59 Å². The molecular formula is C28H27F4NO7. The van der Waals surface area contributed by atoms with Crippen LogP contribution in [0.15, 0.2) is 36.4 Å². The van der Waals surface area contributed by atoms with Crippen molar-refractivity contribution in [3.05, 3.63) is 47.5 Å². The minimum absolute atomic E-state index is 0.0215. The lowest BCUT2D eigenvalue weighted by Crippen LogP contribution is -2.43. The third kappa shape index (κ3) is 4.99. The number of carbonyl (C=O) groups excluding carboxylic acids is 1. The van der Waals surface area contributed by atoms with E-state index in [2.05, 4.69) is 19.5 Å². The van der Waals surface area contributed by atoms with Crippen molar-refractivity contribution in [3.8, 4) is 23.0 Å². The number of nitrogens with one attached hydrogen (secondary N) is 1. The summed E-state index contributed by atoms with van der Waals surface area (Å²) in [7, 11) is 0. The van der Waals surface area contributed by atoms with Crippen molar-refractivity contribution in [2.75, 3.05) is 0 Å². The molecule has 2 aliphatic carbocycles. The number of rotatable bonds is 7. The molecule has 2 atom stereocenters. The predicted molar refractivity (Wildman–Crippen MR) is 130 cm³/mol. The normalized spacial score (nSPS) is 27.3. The minimum Gasteiger partial charge on any atom is -0.490 e. The summed E-state index contributed by atoms with van der Waals surface area (Å²) in [6.45, 7) is -3.02. The average molecular weight is 566 g/mol. The molecule has 0 radical (unpaired) electrons. The molecule has 4 aliphatic rings. The van der Waals surface area contributed by atoms with Gasteiger partial charge in [-0.05, 0) is 74.3 Å². The summed E-state index contributed by atoms with van der Waals surface area (Å²) in [5.41, 5.74) is 0.204. The number of alkyl halides is 4. The Hall–Kier alpha value is -3.70. The first-order valence-corrected chi connectivity index (χ1v) is 13.2. The van der Waals surface area contributed by atoms with Crippen molar-refractivity contribution in [2.45, 2.75) is 75.4 Å². The zero-order valence-electron chi connectivity index (χ0n) is 21.2. The van der Waals surface area contributed by atoms with Gasteiger partial charge in [0.25, 0.3) is 0 Å². The summed E-state index contributed by atoms with van der Waals surface area (Å²) in [5, 5.41) is 12.5. The zero-order valence-corrected chi connectivity index (χ0v) is 21.2. The Balaban J connectivity index is 1.24. The molecule has 214 valence electrons. The molecule has 40 heavy (non-hydrogen) atoms. The Kier molecular flexibility index (Phi) is 6.46. The Labute approximate surface area is 226 Å². The van der Waals surface area contributed by atoms with E-state index in [-0.39, 0.29) is 35.2 Å². The molecule has 0 bridgehead atoms. The molecule has 0 saturated heterocycles. The van der Waals surface area contributed by atoms with Crippen molar-refractivity contribution in [1.82, 2.24) is 5.32 Å². The lowest BCUT2D eigenvalue weighted by Gasteiger charge is -2.39. The molecule has 2 fully saturated rings. The maximum atomic E-state index is 13.7. The molecule has 6 rings (SSSR count). The Morgan fingerprint density at radius 3 is 2.38 bits per heavy atom. The molecule has 0 unspecified atom stereocenters. The number of hydrogen-bond donors (Lipinski definition) is 2. The molecule has 0 aromatic heterocycles. The number of aliphatic carboxylic acids is 1. The van der Waals surface area contributed by atoms with Gasteiger partial charge < -0.3 is 29.4 Å². The van der Waals surface area contributed by atoms with Gasteiger partial charge in [-0.15, -0.1) is 8.78 Å². The number of amides is 1. The average Bonchev–Trinajstić information content (AvgIpc) is 3.65. The van der Waals surface area contributed by atoms with Gasteiger partial charge >= 0.3 is 18.9 Å². The van der Waals surface area contributed by atoms with Crippen molar-refractivity contribution >= 4 is 11.9 Å². The van der Waals surface area contributed by atoms with Crippen LogP contribution in [0.25, 0.3) is 0 Å². The molecule has 12 heteroatoms. The largest absolute Gasteiger partial charge is 0.586 e. The van der Waals surface area contributed by atoms with E-state index in [1.807, 2.05) is 0 Å². The van der Waals surface area contributed by atoms with Crippen LogP contribution in [0.1, 0.15) is 62.1 Å².